The Labute approximate surface area is 194 Å². The van der Waals surface area contributed by atoms with Gasteiger partial charge in [-0.05, 0) is 53.3 Å². The smallest absolute Gasteiger partial charge is 0.220 e. The molecule has 4 saturated heterocycles. The van der Waals surface area contributed by atoms with Gasteiger partial charge in [0, 0.05) is 39.8 Å². The molecule has 0 aliphatic carbocycles. The summed E-state index contributed by atoms with van der Waals surface area (Å²) in [7, 11) is 5.85. The van der Waals surface area contributed by atoms with E-state index in [9.17, 15) is 0 Å². The first-order chi connectivity index (χ1) is 14.9. The summed E-state index contributed by atoms with van der Waals surface area (Å²) < 4.78 is 49.6. The van der Waals surface area contributed by atoms with Gasteiger partial charge in [0.1, 0.15) is 0 Å². The van der Waals surface area contributed by atoms with Crippen LogP contribution in [0.4, 0.5) is 0 Å². The van der Waals surface area contributed by atoms with Gasteiger partial charge in [-0.2, -0.15) is 0 Å². The Kier molecular flexibility index (Phi) is 6.87. The molecule has 186 valence electrons. The number of rotatable bonds is 5. The van der Waals surface area contributed by atoms with Crippen LogP contribution < -0.4 is 0 Å². The van der Waals surface area contributed by atoms with E-state index in [1.54, 1.807) is 28.4 Å². The molecule has 32 heavy (non-hydrogen) atoms. The molecule has 10 heteroatoms. The van der Waals surface area contributed by atoms with Crippen molar-refractivity contribution in [2.24, 2.45) is 0 Å². The van der Waals surface area contributed by atoms with Crippen LogP contribution in [0.5, 0.6) is 0 Å². The van der Waals surface area contributed by atoms with E-state index in [4.69, 9.17) is 37.9 Å². The fourth-order valence-corrected chi connectivity index (χ4v) is 12.3. The third-order valence-electron chi connectivity index (χ3n) is 8.39. The van der Waals surface area contributed by atoms with Crippen molar-refractivity contribution in [3.05, 3.63) is 0 Å². The first kappa shape index (κ1) is 25.6. The molecule has 4 heterocycles. The highest BCUT2D eigenvalue weighted by Crippen LogP contribution is 2.65. The maximum atomic E-state index is 6.72. The zero-order chi connectivity index (χ0) is 23.7. The summed E-state index contributed by atoms with van der Waals surface area (Å²) in [6.45, 7) is 12.3. The van der Waals surface area contributed by atoms with Crippen LogP contribution in [0.15, 0.2) is 0 Å². The Bertz CT molecular complexity index is 657. The van der Waals surface area contributed by atoms with E-state index in [1.165, 1.54) is 0 Å². The molecule has 0 radical (unpaired) electrons. The van der Waals surface area contributed by atoms with E-state index in [1.807, 2.05) is 27.7 Å². The lowest BCUT2D eigenvalue weighted by Gasteiger charge is -2.53. The molecule has 0 spiro atoms. The zero-order valence-corrected chi connectivity index (χ0v) is 22.8. The fraction of sp³-hybridized carbons (Fsp3) is 1.00. The first-order valence-electron chi connectivity index (χ1n) is 11.2. The summed E-state index contributed by atoms with van der Waals surface area (Å²) in [4.78, 5) is 0. The van der Waals surface area contributed by atoms with Crippen molar-refractivity contribution in [3.63, 3.8) is 0 Å². The Balaban J connectivity index is 1.65. The van der Waals surface area contributed by atoms with E-state index in [0.717, 1.165) is 12.3 Å². The zero-order valence-electron chi connectivity index (χ0n) is 21.0. The molecule has 0 aromatic carbocycles. The topological polar surface area (TPSA) is 73.8 Å². The van der Waals surface area contributed by atoms with Crippen molar-refractivity contribution < 1.29 is 37.9 Å². The molecule has 0 aromatic rings. The molecule has 4 aliphatic heterocycles. The van der Waals surface area contributed by atoms with E-state index in [0.29, 0.717) is 11.3 Å². The SMILES string of the molecule is CO[C@@]1(C)OC2CP(C)C([C@H]3[C@H]4O[C@](C)(OC)[C@@](C)(OC)O[C@@H]4CP3C)[C@H]2O[C@]1(C)OC. The van der Waals surface area contributed by atoms with Gasteiger partial charge in [-0.25, -0.2) is 0 Å². The van der Waals surface area contributed by atoms with E-state index in [-0.39, 0.29) is 40.3 Å². The van der Waals surface area contributed by atoms with E-state index < -0.39 is 23.1 Å². The number of hydrogen-bond donors (Lipinski definition) is 0. The van der Waals surface area contributed by atoms with Gasteiger partial charge in [0.25, 0.3) is 0 Å². The normalized spacial score (nSPS) is 57.9. The maximum Gasteiger partial charge on any atom is 0.220 e. The lowest BCUT2D eigenvalue weighted by Crippen LogP contribution is -2.68. The van der Waals surface area contributed by atoms with Crippen LogP contribution in [0.2, 0.25) is 0 Å². The minimum atomic E-state index is -1.00. The number of methoxy groups -OCH3 is 4. The van der Waals surface area contributed by atoms with E-state index in [2.05, 4.69) is 13.3 Å². The molecule has 0 bridgehead atoms. The maximum absolute atomic E-state index is 6.72. The van der Waals surface area contributed by atoms with Crippen LogP contribution in [-0.2, 0) is 37.9 Å². The van der Waals surface area contributed by atoms with Crippen molar-refractivity contribution in [1.82, 2.24) is 0 Å². The molecule has 12 atom stereocenters. The van der Waals surface area contributed by atoms with Crippen LogP contribution in [0.3, 0.4) is 0 Å². The van der Waals surface area contributed by atoms with Gasteiger partial charge < -0.3 is 37.9 Å². The second-order valence-corrected chi connectivity index (χ2v) is 14.9. The second-order valence-electron chi connectivity index (χ2n) is 9.94. The summed E-state index contributed by atoms with van der Waals surface area (Å²) in [5, 5.41) is 0. The number of hydrogen-bond acceptors (Lipinski definition) is 8. The second kappa shape index (κ2) is 8.58. The molecule has 0 amide bonds. The average molecular weight is 495 g/mol. The van der Waals surface area contributed by atoms with Gasteiger partial charge >= 0.3 is 0 Å². The van der Waals surface area contributed by atoms with Crippen molar-refractivity contribution >= 4 is 15.8 Å². The first-order valence-corrected chi connectivity index (χ1v) is 15.3. The van der Waals surface area contributed by atoms with Crippen LogP contribution in [0, 0.1) is 0 Å². The standard InChI is InChI=1S/C22H40O8P2/c1-19(23-5)21(3,25-7)29-15-13(27-19)11-31(9)17(15)18-16-14(12-32(18)10)28-20(2,24-6)22(4,26-8)30-16/h13-18H,11-12H2,1-10H3/t13-,14?,15+,16+,17-,18?,19+,20+,21+,22+,31?,32?/m1/s1. The van der Waals surface area contributed by atoms with Crippen molar-refractivity contribution in [3.8, 4) is 0 Å². The molecular weight excluding hydrogens is 454 g/mol. The van der Waals surface area contributed by atoms with Crippen LogP contribution in [0.1, 0.15) is 27.7 Å². The predicted molar refractivity (Wildman–Crippen MR) is 124 cm³/mol. The monoisotopic (exact) mass is 494 g/mol. The van der Waals surface area contributed by atoms with Crippen LogP contribution in [0.25, 0.3) is 0 Å². The molecule has 4 aliphatic rings. The summed E-state index contributed by atoms with van der Waals surface area (Å²) >= 11 is 0. The highest BCUT2D eigenvalue weighted by Gasteiger charge is 2.66. The Morgan fingerprint density at radius 2 is 0.844 bits per heavy atom. The van der Waals surface area contributed by atoms with E-state index >= 15 is 0 Å². The molecule has 4 fully saturated rings. The Morgan fingerprint density at radius 1 is 0.562 bits per heavy atom. The molecule has 0 saturated carbocycles. The number of fused-ring (bicyclic) bond motifs is 2. The minimum Gasteiger partial charge on any atom is -0.349 e. The van der Waals surface area contributed by atoms with Crippen molar-refractivity contribution in [2.45, 2.75) is 86.6 Å². The average Bonchev–Trinajstić information content (AvgIpc) is 3.21. The fourth-order valence-electron chi connectivity index (χ4n) is 5.83. The molecular formula is C22H40O8P2. The van der Waals surface area contributed by atoms with Crippen molar-refractivity contribution in [2.75, 3.05) is 54.1 Å². The quantitative estimate of drug-likeness (QED) is 0.541. The summed E-state index contributed by atoms with van der Waals surface area (Å²) in [5.74, 6) is -3.95. The van der Waals surface area contributed by atoms with Gasteiger partial charge in [-0.15, -0.1) is 15.8 Å². The lowest BCUT2D eigenvalue weighted by atomic mass is 9.96. The molecule has 0 N–H and O–H groups in total. The predicted octanol–water partition coefficient (Wildman–Crippen LogP) is 2.99. The van der Waals surface area contributed by atoms with Gasteiger partial charge in [0.2, 0.25) is 23.1 Å². The summed E-state index contributed by atoms with van der Waals surface area (Å²) in [5.41, 5.74) is 0.627. The van der Waals surface area contributed by atoms with Gasteiger partial charge in [0.15, 0.2) is 0 Å². The minimum absolute atomic E-state index is 0.0331. The third kappa shape index (κ3) is 3.56. The molecule has 4 rings (SSSR count). The highest BCUT2D eigenvalue weighted by molar-refractivity contribution is 7.62. The molecule has 8 nitrogen and oxygen atoms in total. The summed E-state index contributed by atoms with van der Waals surface area (Å²) in [6.07, 6.45) is 1.71. The molecule has 4 unspecified atom stereocenters. The Morgan fingerprint density at radius 3 is 1.12 bits per heavy atom. The number of ether oxygens (including phenoxy) is 8. The Hall–Kier alpha value is 0.540. The van der Waals surface area contributed by atoms with Gasteiger partial charge in [-0.1, -0.05) is 0 Å². The van der Waals surface area contributed by atoms with Crippen LogP contribution in [-0.4, -0.2) is 113 Å². The third-order valence-corrected chi connectivity index (χ3v) is 13.8. The summed E-state index contributed by atoms with van der Waals surface area (Å²) in [6, 6.07) is 0. The lowest BCUT2D eigenvalue weighted by molar-refractivity contribution is -0.448. The van der Waals surface area contributed by atoms with Gasteiger partial charge in [-0.3, -0.25) is 0 Å². The largest absolute Gasteiger partial charge is 0.349 e. The highest BCUT2D eigenvalue weighted by atomic mass is 31.1. The molecule has 0 aromatic heterocycles. The van der Waals surface area contributed by atoms with Crippen LogP contribution >= 0.6 is 15.8 Å². The van der Waals surface area contributed by atoms with Gasteiger partial charge in [0.05, 0.1) is 24.4 Å². The van der Waals surface area contributed by atoms with Crippen molar-refractivity contribution in [1.29, 1.82) is 0 Å².